The number of aryl methyl sites for hydroxylation is 1. The molecule has 1 atom stereocenters. The maximum atomic E-state index is 12.0. The molecule has 0 fully saturated rings. The molecule has 0 radical (unpaired) electrons. The van der Waals surface area contributed by atoms with E-state index in [9.17, 15) is 4.79 Å². The fourth-order valence-electron chi connectivity index (χ4n) is 1.89. The molecule has 0 amide bonds. The molecule has 0 N–H and O–H groups in total. The van der Waals surface area contributed by atoms with Crippen LogP contribution in [0.2, 0.25) is 0 Å². The average Bonchev–Trinajstić information content (AvgIpc) is 2.25. The second kappa shape index (κ2) is 6.00. The highest BCUT2D eigenvalue weighted by atomic mass is 16.1. The molecule has 0 saturated heterocycles. The van der Waals surface area contributed by atoms with Gasteiger partial charge >= 0.3 is 0 Å². The van der Waals surface area contributed by atoms with Crippen LogP contribution < -0.4 is 0 Å². The minimum atomic E-state index is 0.109. The highest BCUT2D eigenvalue weighted by molar-refractivity contribution is 5.81. The van der Waals surface area contributed by atoms with E-state index in [0.29, 0.717) is 12.2 Å². The predicted octanol–water partition coefficient (Wildman–Crippen LogP) is 4.26. The van der Waals surface area contributed by atoms with Crippen LogP contribution in [0.15, 0.2) is 30.3 Å². The van der Waals surface area contributed by atoms with Gasteiger partial charge in [0.2, 0.25) is 0 Å². The van der Waals surface area contributed by atoms with Crippen LogP contribution in [0.1, 0.15) is 46.1 Å². The summed E-state index contributed by atoms with van der Waals surface area (Å²) in [6, 6.07) is 10.4. The molecule has 1 rings (SSSR count). The normalized spacial score (nSPS) is 13.4. The highest BCUT2D eigenvalue weighted by Gasteiger charge is 2.20. The Labute approximate surface area is 105 Å². The van der Waals surface area contributed by atoms with Gasteiger partial charge in [0.05, 0.1) is 0 Å². The van der Waals surface area contributed by atoms with E-state index >= 15 is 0 Å². The molecule has 1 aromatic carbocycles. The van der Waals surface area contributed by atoms with Crippen LogP contribution in [-0.4, -0.2) is 5.78 Å². The van der Waals surface area contributed by atoms with E-state index in [0.717, 1.165) is 12.8 Å². The molecule has 0 aromatic heterocycles. The number of Topliss-reactive ketones (excluding diaryl/α,β-unsaturated/α-hetero) is 1. The average molecular weight is 232 g/mol. The van der Waals surface area contributed by atoms with Crippen molar-refractivity contribution >= 4 is 5.78 Å². The summed E-state index contributed by atoms with van der Waals surface area (Å²) < 4.78 is 0. The topological polar surface area (TPSA) is 17.1 Å². The van der Waals surface area contributed by atoms with Crippen molar-refractivity contribution in [2.24, 2.45) is 11.3 Å². The zero-order chi connectivity index (χ0) is 12.9. The number of carbonyl (C=O) groups excluding carboxylic acids is 1. The van der Waals surface area contributed by atoms with Gasteiger partial charge in [-0.05, 0) is 23.8 Å². The Hall–Kier alpha value is -1.11. The predicted molar refractivity (Wildman–Crippen MR) is 73.0 cm³/mol. The summed E-state index contributed by atoms with van der Waals surface area (Å²) in [5.41, 5.74) is 1.43. The lowest BCUT2D eigenvalue weighted by molar-refractivity contribution is -0.124. The van der Waals surface area contributed by atoms with E-state index in [1.54, 1.807) is 0 Å². The van der Waals surface area contributed by atoms with Gasteiger partial charge in [-0.2, -0.15) is 0 Å². The minimum absolute atomic E-state index is 0.109. The van der Waals surface area contributed by atoms with Crippen LogP contribution >= 0.6 is 0 Å². The SMILES string of the molecule is C[C@@H](CCc1ccccc1)C(=O)CC(C)(C)C. The van der Waals surface area contributed by atoms with Gasteiger partial charge in [-0.25, -0.2) is 0 Å². The lowest BCUT2D eigenvalue weighted by Crippen LogP contribution is -2.19. The van der Waals surface area contributed by atoms with Crippen molar-refractivity contribution in [2.45, 2.75) is 47.0 Å². The Morgan fingerprint density at radius 1 is 1.18 bits per heavy atom. The number of benzene rings is 1. The molecule has 0 saturated carbocycles. The summed E-state index contributed by atoms with van der Waals surface area (Å²) in [6.07, 6.45) is 2.64. The molecule has 1 heteroatoms. The van der Waals surface area contributed by atoms with Crippen molar-refractivity contribution < 1.29 is 4.79 Å². The largest absolute Gasteiger partial charge is 0.299 e. The standard InChI is InChI=1S/C16H24O/c1-13(15(17)12-16(2,3)4)10-11-14-8-6-5-7-9-14/h5-9,13H,10-12H2,1-4H3/t13-/m0/s1. The molecule has 1 nitrogen and oxygen atoms in total. The molecule has 0 aliphatic carbocycles. The van der Waals surface area contributed by atoms with Gasteiger partial charge in [-0.1, -0.05) is 58.0 Å². The summed E-state index contributed by atoms with van der Waals surface area (Å²) in [5, 5.41) is 0. The van der Waals surface area contributed by atoms with Crippen molar-refractivity contribution in [1.82, 2.24) is 0 Å². The summed E-state index contributed by atoms with van der Waals surface area (Å²) in [5.74, 6) is 0.572. The molecule has 17 heavy (non-hydrogen) atoms. The van der Waals surface area contributed by atoms with Crippen LogP contribution in [-0.2, 0) is 11.2 Å². The number of hydrogen-bond donors (Lipinski definition) is 0. The number of ketones is 1. The summed E-state index contributed by atoms with van der Waals surface area (Å²) in [4.78, 5) is 12.0. The fourth-order valence-corrected chi connectivity index (χ4v) is 1.89. The Morgan fingerprint density at radius 3 is 2.29 bits per heavy atom. The quantitative estimate of drug-likeness (QED) is 0.741. The Kier molecular flexibility index (Phi) is 4.92. The van der Waals surface area contributed by atoms with Crippen molar-refractivity contribution in [1.29, 1.82) is 0 Å². The number of hydrogen-bond acceptors (Lipinski definition) is 1. The van der Waals surface area contributed by atoms with Crippen LogP contribution in [0.4, 0.5) is 0 Å². The van der Waals surface area contributed by atoms with E-state index in [2.05, 4.69) is 52.0 Å². The molecule has 0 aliphatic rings. The van der Waals surface area contributed by atoms with E-state index in [4.69, 9.17) is 0 Å². The summed E-state index contributed by atoms with van der Waals surface area (Å²) in [7, 11) is 0. The van der Waals surface area contributed by atoms with Crippen molar-refractivity contribution in [3.8, 4) is 0 Å². The van der Waals surface area contributed by atoms with Crippen LogP contribution in [0.25, 0.3) is 0 Å². The van der Waals surface area contributed by atoms with Gasteiger partial charge in [0, 0.05) is 12.3 Å². The fraction of sp³-hybridized carbons (Fsp3) is 0.562. The third kappa shape index (κ3) is 5.67. The monoisotopic (exact) mass is 232 g/mol. The van der Waals surface area contributed by atoms with E-state index in [-0.39, 0.29) is 11.3 Å². The molecule has 0 aliphatic heterocycles. The maximum absolute atomic E-state index is 12.0. The van der Waals surface area contributed by atoms with Gasteiger partial charge in [0.25, 0.3) is 0 Å². The molecular formula is C16H24O. The second-order valence-corrected chi connectivity index (χ2v) is 6.13. The molecule has 94 valence electrons. The van der Waals surface area contributed by atoms with E-state index < -0.39 is 0 Å². The summed E-state index contributed by atoms with van der Waals surface area (Å²) >= 11 is 0. The molecule has 0 unspecified atom stereocenters. The molecule has 0 bridgehead atoms. The number of rotatable bonds is 5. The zero-order valence-electron chi connectivity index (χ0n) is 11.5. The van der Waals surface area contributed by atoms with Crippen LogP contribution in [0.5, 0.6) is 0 Å². The zero-order valence-corrected chi connectivity index (χ0v) is 11.5. The third-order valence-corrected chi connectivity index (χ3v) is 2.96. The lowest BCUT2D eigenvalue weighted by atomic mass is 9.84. The van der Waals surface area contributed by atoms with Crippen molar-refractivity contribution in [3.63, 3.8) is 0 Å². The highest BCUT2D eigenvalue weighted by Crippen LogP contribution is 2.22. The Balaban J connectivity index is 2.40. The van der Waals surface area contributed by atoms with Gasteiger partial charge in [-0.3, -0.25) is 4.79 Å². The van der Waals surface area contributed by atoms with Crippen molar-refractivity contribution in [2.75, 3.05) is 0 Å². The molecule has 0 heterocycles. The summed E-state index contributed by atoms with van der Waals surface area (Å²) in [6.45, 7) is 8.41. The van der Waals surface area contributed by atoms with Gasteiger partial charge in [0.15, 0.2) is 0 Å². The van der Waals surface area contributed by atoms with E-state index in [1.165, 1.54) is 5.56 Å². The molecule has 1 aromatic rings. The maximum Gasteiger partial charge on any atom is 0.136 e. The van der Waals surface area contributed by atoms with Gasteiger partial charge < -0.3 is 0 Å². The molecular weight excluding hydrogens is 208 g/mol. The third-order valence-electron chi connectivity index (χ3n) is 2.96. The van der Waals surface area contributed by atoms with Crippen LogP contribution in [0, 0.1) is 11.3 Å². The lowest BCUT2D eigenvalue weighted by Gasteiger charge is -2.19. The van der Waals surface area contributed by atoms with Gasteiger partial charge in [-0.15, -0.1) is 0 Å². The minimum Gasteiger partial charge on any atom is -0.299 e. The van der Waals surface area contributed by atoms with Crippen LogP contribution in [0.3, 0.4) is 0 Å². The smallest absolute Gasteiger partial charge is 0.136 e. The first-order valence-corrected chi connectivity index (χ1v) is 6.45. The number of carbonyl (C=O) groups is 1. The molecule has 0 spiro atoms. The van der Waals surface area contributed by atoms with E-state index in [1.807, 2.05) is 6.07 Å². The van der Waals surface area contributed by atoms with Gasteiger partial charge in [0.1, 0.15) is 5.78 Å². The van der Waals surface area contributed by atoms with Crippen molar-refractivity contribution in [3.05, 3.63) is 35.9 Å². The Bertz CT molecular complexity index is 346. The first kappa shape index (κ1) is 14.0. The first-order valence-electron chi connectivity index (χ1n) is 6.45. The second-order valence-electron chi connectivity index (χ2n) is 6.13. The Morgan fingerprint density at radius 2 is 1.76 bits per heavy atom. The first-order chi connectivity index (χ1) is 7.88.